The molecule has 0 aliphatic rings. The summed E-state index contributed by atoms with van der Waals surface area (Å²) in [6, 6.07) is 4.10. The molecule has 2 aromatic rings. The van der Waals surface area contributed by atoms with Gasteiger partial charge in [0, 0.05) is 9.92 Å². The fourth-order valence-corrected chi connectivity index (χ4v) is 3.29. The Morgan fingerprint density at radius 2 is 2.06 bits per heavy atom. The zero-order chi connectivity index (χ0) is 12.4. The molecule has 17 heavy (non-hydrogen) atoms. The summed E-state index contributed by atoms with van der Waals surface area (Å²) >= 11 is 9.22. The van der Waals surface area contributed by atoms with E-state index in [0.717, 1.165) is 21.3 Å². The first-order valence-corrected chi connectivity index (χ1v) is 7.21. The number of aryl methyl sites for hydroxylation is 2. The third-order valence-electron chi connectivity index (χ3n) is 2.29. The Kier molecular flexibility index (Phi) is 3.91. The van der Waals surface area contributed by atoms with Crippen molar-refractivity contribution in [2.24, 2.45) is 0 Å². The largest absolute Gasteiger partial charge is 0.374 e. The number of aromatic nitrogens is 2. The van der Waals surface area contributed by atoms with Crippen molar-refractivity contribution in [2.75, 3.05) is 5.73 Å². The molecule has 0 aliphatic carbocycles. The van der Waals surface area contributed by atoms with Crippen molar-refractivity contribution in [1.82, 2.24) is 10.2 Å². The Bertz CT molecular complexity index is 540. The Morgan fingerprint density at radius 3 is 2.71 bits per heavy atom. The highest BCUT2D eigenvalue weighted by Gasteiger charge is 2.06. The maximum Gasteiger partial charge on any atom is 0.203 e. The van der Waals surface area contributed by atoms with Crippen LogP contribution in [0, 0.1) is 13.8 Å². The molecule has 0 bridgehead atoms. The van der Waals surface area contributed by atoms with Crippen LogP contribution in [-0.2, 0) is 5.75 Å². The van der Waals surface area contributed by atoms with Gasteiger partial charge in [-0.15, -0.1) is 22.0 Å². The highest BCUT2D eigenvalue weighted by molar-refractivity contribution is 7.98. The lowest BCUT2D eigenvalue weighted by Crippen LogP contribution is -1.85. The van der Waals surface area contributed by atoms with Crippen molar-refractivity contribution >= 4 is 39.8 Å². The van der Waals surface area contributed by atoms with Crippen molar-refractivity contribution in [1.29, 1.82) is 0 Å². The average Bonchev–Trinajstić information content (AvgIpc) is 2.68. The second-order valence-electron chi connectivity index (χ2n) is 3.69. The van der Waals surface area contributed by atoms with Crippen molar-refractivity contribution in [3.05, 3.63) is 33.3 Å². The van der Waals surface area contributed by atoms with E-state index in [0.29, 0.717) is 5.13 Å². The van der Waals surface area contributed by atoms with Gasteiger partial charge in [-0.05, 0) is 37.1 Å². The maximum absolute atomic E-state index is 6.06. The van der Waals surface area contributed by atoms with Gasteiger partial charge < -0.3 is 5.73 Å². The van der Waals surface area contributed by atoms with Gasteiger partial charge in [0.25, 0.3) is 0 Å². The number of thioether (sulfide) groups is 1. The van der Waals surface area contributed by atoms with E-state index in [-0.39, 0.29) is 0 Å². The number of nitrogens with zero attached hydrogens (tertiary/aromatic N) is 2. The van der Waals surface area contributed by atoms with Crippen LogP contribution in [0.15, 0.2) is 17.0 Å². The first-order chi connectivity index (χ1) is 8.06. The van der Waals surface area contributed by atoms with Crippen molar-refractivity contribution < 1.29 is 0 Å². The molecule has 0 unspecified atom stereocenters. The second-order valence-corrected chi connectivity index (χ2v) is 6.21. The van der Waals surface area contributed by atoms with Gasteiger partial charge in [0.15, 0.2) is 0 Å². The molecule has 0 radical (unpaired) electrons. The fraction of sp³-hybridized carbons (Fsp3) is 0.273. The molecule has 0 saturated carbocycles. The average molecular weight is 286 g/mol. The van der Waals surface area contributed by atoms with Gasteiger partial charge in [-0.3, -0.25) is 0 Å². The molecule has 0 fully saturated rings. The molecule has 0 amide bonds. The summed E-state index contributed by atoms with van der Waals surface area (Å²) in [7, 11) is 0. The molecule has 1 aromatic carbocycles. The molecule has 0 spiro atoms. The van der Waals surface area contributed by atoms with E-state index in [1.165, 1.54) is 21.8 Å². The molecule has 2 rings (SSSR count). The number of nitrogen functional groups attached to an aromatic ring is 1. The topological polar surface area (TPSA) is 51.8 Å². The maximum atomic E-state index is 6.06. The lowest BCUT2D eigenvalue weighted by atomic mass is 10.2. The van der Waals surface area contributed by atoms with Crippen LogP contribution in [0.3, 0.4) is 0 Å². The van der Waals surface area contributed by atoms with E-state index in [9.17, 15) is 0 Å². The summed E-state index contributed by atoms with van der Waals surface area (Å²) in [5, 5.41) is 10.1. The minimum atomic E-state index is 0.518. The van der Waals surface area contributed by atoms with Gasteiger partial charge in [-0.1, -0.05) is 22.9 Å². The fourth-order valence-electron chi connectivity index (χ4n) is 1.37. The van der Waals surface area contributed by atoms with Crippen LogP contribution in [0.5, 0.6) is 0 Å². The lowest BCUT2D eigenvalue weighted by Gasteiger charge is -2.07. The molecule has 0 aliphatic heterocycles. The number of halogens is 1. The van der Waals surface area contributed by atoms with Gasteiger partial charge in [0.2, 0.25) is 5.13 Å². The minimum Gasteiger partial charge on any atom is -0.374 e. The van der Waals surface area contributed by atoms with Crippen LogP contribution in [0.1, 0.15) is 16.1 Å². The molecular formula is C11H12ClN3S2. The van der Waals surface area contributed by atoms with E-state index in [2.05, 4.69) is 23.2 Å². The Labute approximate surface area is 113 Å². The van der Waals surface area contributed by atoms with Crippen LogP contribution in [0.2, 0.25) is 5.02 Å². The van der Waals surface area contributed by atoms with Gasteiger partial charge in [0.05, 0.1) is 5.75 Å². The normalized spacial score (nSPS) is 10.8. The number of benzene rings is 1. The molecule has 90 valence electrons. The quantitative estimate of drug-likeness (QED) is 0.874. The first kappa shape index (κ1) is 12.7. The zero-order valence-corrected chi connectivity index (χ0v) is 11.9. The minimum absolute atomic E-state index is 0.518. The summed E-state index contributed by atoms with van der Waals surface area (Å²) in [4.78, 5) is 1.22. The number of nitrogens with two attached hydrogens (primary N) is 1. The predicted molar refractivity (Wildman–Crippen MR) is 74.8 cm³/mol. The van der Waals surface area contributed by atoms with Crippen molar-refractivity contribution in [2.45, 2.75) is 24.5 Å². The summed E-state index contributed by atoms with van der Waals surface area (Å²) in [6.45, 7) is 4.07. The summed E-state index contributed by atoms with van der Waals surface area (Å²) < 4.78 is 0. The SMILES string of the molecule is Cc1cc(SCc2nnc(N)s2)c(C)cc1Cl. The van der Waals surface area contributed by atoms with E-state index in [4.69, 9.17) is 17.3 Å². The molecule has 6 heteroatoms. The lowest BCUT2D eigenvalue weighted by molar-refractivity contribution is 1.05. The third-order valence-corrected chi connectivity index (χ3v) is 4.80. The molecule has 1 aromatic heterocycles. The predicted octanol–water partition coefficient (Wildman–Crippen LogP) is 3.68. The van der Waals surface area contributed by atoms with Crippen LogP contribution < -0.4 is 5.73 Å². The van der Waals surface area contributed by atoms with E-state index in [1.807, 2.05) is 13.0 Å². The van der Waals surface area contributed by atoms with Crippen LogP contribution in [0.4, 0.5) is 5.13 Å². The molecular weight excluding hydrogens is 274 g/mol. The molecule has 0 saturated heterocycles. The smallest absolute Gasteiger partial charge is 0.203 e. The number of rotatable bonds is 3. The summed E-state index contributed by atoms with van der Waals surface area (Å²) in [6.07, 6.45) is 0. The molecule has 0 atom stereocenters. The summed E-state index contributed by atoms with van der Waals surface area (Å²) in [5.41, 5.74) is 7.82. The van der Waals surface area contributed by atoms with Gasteiger partial charge in [-0.2, -0.15) is 0 Å². The van der Waals surface area contributed by atoms with Crippen LogP contribution >= 0.6 is 34.7 Å². The van der Waals surface area contributed by atoms with E-state index < -0.39 is 0 Å². The number of hydrogen-bond donors (Lipinski definition) is 1. The monoisotopic (exact) mass is 285 g/mol. The highest BCUT2D eigenvalue weighted by atomic mass is 35.5. The Hall–Kier alpha value is -0.780. The van der Waals surface area contributed by atoms with E-state index >= 15 is 0 Å². The van der Waals surface area contributed by atoms with Gasteiger partial charge in [-0.25, -0.2) is 0 Å². The van der Waals surface area contributed by atoms with Crippen LogP contribution in [-0.4, -0.2) is 10.2 Å². The molecule has 3 nitrogen and oxygen atoms in total. The van der Waals surface area contributed by atoms with E-state index in [1.54, 1.807) is 11.8 Å². The highest BCUT2D eigenvalue weighted by Crippen LogP contribution is 2.31. The van der Waals surface area contributed by atoms with Crippen molar-refractivity contribution in [3.8, 4) is 0 Å². The number of anilines is 1. The van der Waals surface area contributed by atoms with Crippen molar-refractivity contribution in [3.63, 3.8) is 0 Å². The third kappa shape index (κ3) is 3.12. The second kappa shape index (κ2) is 5.25. The Balaban J connectivity index is 2.11. The van der Waals surface area contributed by atoms with Crippen LogP contribution in [0.25, 0.3) is 0 Å². The Morgan fingerprint density at radius 1 is 1.29 bits per heavy atom. The summed E-state index contributed by atoms with van der Waals surface area (Å²) in [5.74, 6) is 0.788. The van der Waals surface area contributed by atoms with Gasteiger partial charge >= 0.3 is 0 Å². The van der Waals surface area contributed by atoms with Gasteiger partial charge in [0.1, 0.15) is 5.01 Å². The number of hydrogen-bond acceptors (Lipinski definition) is 5. The first-order valence-electron chi connectivity index (χ1n) is 5.03. The standard InChI is InChI=1S/C11H12ClN3S2/c1-6-4-9(7(2)3-8(6)12)16-5-10-14-15-11(13)17-10/h3-4H,5H2,1-2H3,(H2,13,15). The zero-order valence-electron chi connectivity index (χ0n) is 9.53. The molecule has 2 N–H and O–H groups in total. The molecule has 1 heterocycles.